The molecule has 0 aliphatic carbocycles. The molecule has 0 radical (unpaired) electrons. The van der Waals surface area contributed by atoms with E-state index in [4.69, 9.17) is 0 Å². The van der Waals surface area contributed by atoms with Gasteiger partial charge in [0.05, 0.1) is 0 Å². The molecular weight excluding hydrogens is 326 g/mol. The highest BCUT2D eigenvalue weighted by atomic mass is 16.2. The highest BCUT2D eigenvalue weighted by molar-refractivity contribution is 5.83. The molecule has 6 heteroatoms. The zero-order valence-corrected chi connectivity index (χ0v) is 16.2. The first kappa shape index (κ1) is 18.6. The molecule has 140 valence electrons. The largest absolute Gasteiger partial charge is 0.341 e. The summed E-state index contributed by atoms with van der Waals surface area (Å²) in [7, 11) is 5.94. The third-order valence-corrected chi connectivity index (χ3v) is 5.31. The van der Waals surface area contributed by atoms with Crippen molar-refractivity contribution in [2.24, 2.45) is 13.0 Å². The number of carbonyl (C=O) groups excluding carboxylic acids is 1. The molecule has 1 aromatic heterocycles. The van der Waals surface area contributed by atoms with Crippen LogP contribution in [-0.2, 0) is 18.3 Å². The lowest BCUT2D eigenvalue weighted by Crippen LogP contribution is -2.44. The second-order valence-electron chi connectivity index (χ2n) is 7.61. The molecule has 1 atom stereocenters. The topological polar surface area (TPSA) is 54.3 Å². The highest BCUT2D eigenvalue weighted by Gasteiger charge is 2.31. The minimum absolute atomic E-state index is 0.206. The van der Waals surface area contributed by atoms with Crippen molar-refractivity contribution in [1.29, 1.82) is 0 Å². The normalized spacial score (nSPS) is 16.9. The average Bonchev–Trinajstić information content (AvgIpc) is 3.00. The van der Waals surface area contributed by atoms with Crippen LogP contribution in [0.15, 0.2) is 30.6 Å². The Morgan fingerprint density at radius 2 is 2.04 bits per heavy atom. The van der Waals surface area contributed by atoms with Crippen molar-refractivity contribution in [2.75, 3.05) is 27.2 Å². The van der Waals surface area contributed by atoms with Crippen LogP contribution >= 0.6 is 0 Å². The molecule has 1 aliphatic heterocycles. The second-order valence-corrected chi connectivity index (χ2v) is 7.61. The van der Waals surface area contributed by atoms with Crippen LogP contribution in [0.1, 0.15) is 35.8 Å². The van der Waals surface area contributed by atoms with Gasteiger partial charge in [-0.15, -0.1) is 10.2 Å². The summed E-state index contributed by atoms with van der Waals surface area (Å²) in [5.74, 6) is 1.80. The van der Waals surface area contributed by atoms with Crippen molar-refractivity contribution < 1.29 is 4.79 Å². The number of likely N-dealkylation sites (tertiary alicyclic amines) is 1. The molecule has 1 saturated heterocycles. The number of carbonyl (C=O) groups is 1. The Labute approximate surface area is 155 Å². The van der Waals surface area contributed by atoms with E-state index in [9.17, 15) is 4.79 Å². The van der Waals surface area contributed by atoms with Gasteiger partial charge >= 0.3 is 0 Å². The second kappa shape index (κ2) is 7.99. The standard InChI is InChI=1S/C20H29N5O/c1-15-6-5-7-17(12-15)19(23(2)3)20(26)25-10-8-16(9-11-25)13-18-22-21-14-24(18)4/h5-7,12,14,16,19H,8-11,13H2,1-4H3. The molecule has 1 aliphatic rings. The Hall–Kier alpha value is -2.21. The SMILES string of the molecule is Cc1cccc(C(C(=O)N2CCC(Cc3nncn3C)CC2)N(C)C)c1. The predicted molar refractivity (Wildman–Crippen MR) is 102 cm³/mol. The van der Waals surface area contributed by atoms with E-state index in [1.807, 2.05) is 41.6 Å². The van der Waals surface area contributed by atoms with Crippen LogP contribution in [-0.4, -0.2) is 57.7 Å². The van der Waals surface area contributed by atoms with Crippen LogP contribution in [0.25, 0.3) is 0 Å². The minimum Gasteiger partial charge on any atom is -0.341 e. The van der Waals surface area contributed by atoms with E-state index in [-0.39, 0.29) is 11.9 Å². The van der Waals surface area contributed by atoms with Crippen LogP contribution < -0.4 is 0 Å². The van der Waals surface area contributed by atoms with Crippen LogP contribution in [0.5, 0.6) is 0 Å². The van der Waals surface area contributed by atoms with Crippen LogP contribution in [0.2, 0.25) is 0 Å². The van der Waals surface area contributed by atoms with Crippen LogP contribution in [0, 0.1) is 12.8 Å². The zero-order chi connectivity index (χ0) is 18.7. The van der Waals surface area contributed by atoms with Crippen LogP contribution in [0.3, 0.4) is 0 Å². The quantitative estimate of drug-likeness (QED) is 0.825. The van der Waals surface area contributed by atoms with Crippen molar-refractivity contribution in [3.63, 3.8) is 0 Å². The monoisotopic (exact) mass is 355 g/mol. The van der Waals surface area contributed by atoms with E-state index in [1.165, 1.54) is 5.56 Å². The third kappa shape index (κ3) is 4.12. The Morgan fingerprint density at radius 3 is 2.62 bits per heavy atom. The number of piperidine rings is 1. The number of hydrogen-bond donors (Lipinski definition) is 0. The molecule has 1 amide bonds. The van der Waals surface area contributed by atoms with Gasteiger partial charge < -0.3 is 9.47 Å². The first-order chi connectivity index (χ1) is 12.5. The first-order valence-corrected chi connectivity index (χ1v) is 9.30. The summed E-state index contributed by atoms with van der Waals surface area (Å²) in [6.45, 7) is 3.70. The molecule has 0 bridgehead atoms. The molecule has 26 heavy (non-hydrogen) atoms. The third-order valence-electron chi connectivity index (χ3n) is 5.31. The molecule has 1 unspecified atom stereocenters. The van der Waals surface area contributed by atoms with Gasteiger partial charge in [0.2, 0.25) is 5.91 Å². The minimum atomic E-state index is -0.217. The number of benzene rings is 1. The summed E-state index contributed by atoms with van der Waals surface area (Å²) in [6.07, 6.45) is 4.73. The molecule has 1 aromatic carbocycles. The van der Waals surface area contributed by atoms with Crippen molar-refractivity contribution >= 4 is 5.91 Å². The molecule has 0 N–H and O–H groups in total. The summed E-state index contributed by atoms with van der Waals surface area (Å²) in [5.41, 5.74) is 2.26. The smallest absolute Gasteiger partial charge is 0.244 e. The van der Waals surface area contributed by atoms with E-state index < -0.39 is 0 Å². The fourth-order valence-electron chi connectivity index (χ4n) is 3.78. The number of hydrogen-bond acceptors (Lipinski definition) is 4. The molecule has 2 heterocycles. The van der Waals surface area contributed by atoms with Gasteiger partial charge in [0, 0.05) is 26.6 Å². The fourth-order valence-corrected chi connectivity index (χ4v) is 3.78. The van der Waals surface area contributed by atoms with Gasteiger partial charge in [-0.2, -0.15) is 0 Å². The summed E-state index contributed by atoms with van der Waals surface area (Å²) in [5, 5.41) is 8.15. The lowest BCUT2D eigenvalue weighted by molar-refractivity contribution is -0.137. The van der Waals surface area contributed by atoms with Crippen LogP contribution in [0.4, 0.5) is 0 Å². The van der Waals surface area contributed by atoms with E-state index >= 15 is 0 Å². The highest BCUT2D eigenvalue weighted by Crippen LogP contribution is 2.26. The number of aromatic nitrogens is 3. The molecule has 3 rings (SSSR count). The maximum atomic E-state index is 13.2. The fraction of sp³-hybridized carbons (Fsp3) is 0.550. The van der Waals surface area contributed by atoms with Gasteiger partial charge in [-0.3, -0.25) is 9.69 Å². The maximum absolute atomic E-state index is 13.2. The maximum Gasteiger partial charge on any atom is 0.244 e. The first-order valence-electron chi connectivity index (χ1n) is 9.30. The number of rotatable bonds is 5. The Kier molecular flexibility index (Phi) is 5.71. The molecule has 0 spiro atoms. The number of nitrogens with zero attached hydrogens (tertiary/aromatic N) is 5. The van der Waals surface area contributed by atoms with Crippen molar-refractivity contribution in [1.82, 2.24) is 24.6 Å². The molecule has 6 nitrogen and oxygen atoms in total. The Bertz CT molecular complexity index is 746. The summed E-state index contributed by atoms with van der Waals surface area (Å²) in [6, 6.07) is 8.05. The summed E-state index contributed by atoms with van der Waals surface area (Å²) in [4.78, 5) is 17.2. The number of aryl methyl sites for hydroxylation is 2. The van der Waals surface area contributed by atoms with Crippen molar-refractivity contribution in [3.05, 3.63) is 47.5 Å². The molecule has 0 saturated carbocycles. The van der Waals surface area contributed by atoms with E-state index in [2.05, 4.69) is 35.3 Å². The van der Waals surface area contributed by atoms with E-state index in [0.717, 1.165) is 43.7 Å². The van der Waals surface area contributed by atoms with Crippen molar-refractivity contribution in [2.45, 2.75) is 32.2 Å². The lowest BCUT2D eigenvalue weighted by Gasteiger charge is -2.36. The zero-order valence-electron chi connectivity index (χ0n) is 16.2. The number of amides is 1. The van der Waals surface area contributed by atoms with E-state index in [1.54, 1.807) is 6.33 Å². The Balaban J connectivity index is 1.63. The predicted octanol–water partition coefficient (Wildman–Crippen LogP) is 2.21. The van der Waals surface area contributed by atoms with Gasteiger partial charge in [0.1, 0.15) is 18.2 Å². The van der Waals surface area contributed by atoms with Gasteiger partial charge in [0.25, 0.3) is 0 Å². The summed E-state index contributed by atoms with van der Waals surface area (Å²) >= 11 is 0. The molecule has 1 fully saturated rings. The average molecular weight is 355 g/mol. The number of likely N-dealkylation sites (N-methyl/N-ethyl adjacent to an activating group) is 1. The Morgan fingerprint density at radius 1 is 1.31 bits per heavy atom. The van der Waals surface area contributed by atoms with Gasteiger partial charge in [0.15, 0.2) is 0 Å². The van der Waals surface area contributed by atoms with Gasteiger partial charge in [-0.25, -0.2) is 0 Å². The van der Waals surface area contributed by atoms with Gasteiger partial charge in [-0.05, 0) is 45.3 Å². The molecular formula is C20H29N5O. The lowest BCUT2D eigenvalue weighted by atomic mass is 9.92. The summed E-state index contributed by atoms with van der Waals surface area (Å²) < 4.78 is 1.98. The van der Waals surface area contributed by atoms with E-state index in [0.29, 0.717) is 5.92 Å². The van der Waals surface area contributed by atoms with Gasteiger partial charge in [-0.1, -0.05) is 29.8 Å². The molecule has 2 aromatic rings. The van der Waals surface area contributed by atoms with Crippen molar-refractivity contribution in [3.8, 4) is 0 Å².